The molecule has 2 atom stereocenters. The Morgan fingerprint density at radius 1 is 1.60 bits per heavy atom. The van der Waals surface area contributed by atoms with E-state index in [0.717, 1.165) is 19.3 Å². The van der Waals surface area contributed by atoms with Gasteiger partial charge in [-0.3, -0.25) is 4.79 Å². The molecule has 0 amide bonds. The van der Waals surface area contributed by atoms with Crippen molar-refractivity contribution in [2.45, 2.75) is 25.3 Å². The van der Waals surface area contributed by atoms with Gasteiger partial charge in [-0.15, -0.1) is 0 Å². The molecule has 0 heterocycles. The predicted octanol–water partition coefficient (Wildman–Crippen LogP) is 0.459. The zero-order valence-electron chi connectivity index (χ0n) is 6.13. The Hall–Kier alpha value is -0.570. The van der Waals surface area contributed by atoms with Crippen LogP contribution in [0.4, 0.5) is 0 Å². The van der Waals surface area contributed by atoms with E-state index >= 15 is 0 Å². The molecule has 3 heteroatoms. The van der Waals surface area contributed by atoms with Crippen LogP contribution in [0.3, 0.4) is 0 Å². The van der Waals surface area contributed by atoms with Crippen molar-refractivity contribution in [2.24, 2.45) is 5.92 Å². The number of carbonyl (C=O) groups is 1. The van der Waals surface area contributed by atoms with Gasteiger partial charge in [-0.05, 0) is 26.3 Å². The summed E-state index contributed by atoms with van der Waals surface area (Å²) in [7, 11) is 1.88. The maximum atomic E-state index is 10.4. The van der Waals surface area contributed by atoms with E-state index in [9.17, 15) is 4.79 Å². The first kappa shape index (κ1) is 7.54. The minimum atomic E-state index is -0.641. The van der Waals surface area contributed by atoms with Crippen LogP contribution in [0.25, 0.3) is 0 Å². The van der Waals surface area contributed by atoms with Gasteiger partial charge in [0.05, 0.1) is 5.92 Å². The number of carboxylic acid groups (broad SMARTS) is 1. The standard InChI is InChI=1S/C7H13NO2/c1-8-6-3-2-5(4-6)7(9)10/h5-6,8H,2-4H2,1H3,(H,9,10). The molecular formula is C7H13NO2. The van der Waals surface area contributed by atoms with Crippen molar-refractivity contribution in [3.63, 3.8) is 0 Å². The number of hydrogen-bond acceptors (Lipinski definition) is 2. The molecular weight excluding hydrogens is 130 g/mol. The van der Waals surface area contributed by atoms with Gasteiger partial charge in [0.25, 0.3) is 0 Å². The molecule has 1 aliphatic rings. The molecule has 1 aliphatic carbocycles. The molecule has 1 saturated carbocycles. The highest BCUT2D eigenvalue weighted by Gasteiger charge is 2.28. The van der Waals surface area contributed by atoms with Crippen LogP contribution in [0.5, 0.6) is 0 Å². The second kappa shape index (κ2) is 3.01. The van der Waals surface area contributed by atoms with Gasteiger partial charge in [-0.1, -0.05) is 0 Å². The molecule has 0 aromatic rings. The van der Waals surface area contributed by atoms with Crippen LogP contribution in [-0.2, 0) is 4.79 Å². The quantitative estimate of drug-likeness (QED) is 0.590. The summed E-state index contributed by atoms with van der Waals surface area (Å²) in [5, 5.41) is 11.7. The first-order valence-electron chi connectivity index (χ1n) is 3.64. The normalized spacial score (nSPS) is 32.5. The molecule has 0 bridgehead atoms. The van der Waals surface area contributed by atoms with Crippen molar-refractivity contribution >= 4 is 5.97 Å². The fourth-order valence-electron chi connectivity index (χ4n) is 1.47. The zero-order chi connectivity index (χ0) is 7.56. The number of hydrogen-bond donors (Lipinski definition) is 2. The largest absolute Gasteiger partial charge is 0.481 e. The fraction of sp³-hybridized carbons (Fsp3) is 0.857. The highest BCUT2D eigenvalue weighted by atomic mass is 16.4. The van der Waals surface area contributed by atoms with Gasteiger partial charge in [-0.25, -0.2) is 0 Å². The smallest absolute Gasteiger partial charge is 0.306 e. The monoisotopic (exact) mass is 143 g/mol. The summed E-state index contributed by atoms with van der Waals surface area (Å²) in [6, 6.07) is 0.432. The van der Waals surface area contributed by atoms with E-state index in [4.69, 9.17) is 5.11 Å². The van der Waals surface area contributed by atoms with Crippen molar-refractivity contribution < 1.29 is 9.90 Å². The van der Waals surface area contributed by atoms with Crippen molar-refractivity contribution in [3.8, 4) is 0 Å². The van der Waals surface area contributed by atoms with Gasteiger partial charge in [-0.2, -0.15) is 0 Å². The van der Waals surface area contributed by atoms with Crippen LogP contribution in [-0.4, -0.2) is 24.2 Å². The molecule has 0 saturated heterocycles. The molecule has 0 aromatic carbocycles. The third kappa shape index (κ3) is 1.48. The number of carboxylic acids is 1. The lowest BCUT2D eigenvalue weighted by molar-refractivity contribution is -0.141. The molecule has 2 unspecified atom stereocenters. The summed E-state index contributed by atoms with van der Waals surface area (Å²) in [6.45, 7) is 0. The summed E-state index contributed by atoms with van der Waals surface area (Å²) >= 11 is 0. The number of nitrogens with one attached hydrogen (secondary N) is 1. The Balaban J connectivity index is 2.35. The topological polar surface area (TPSA) is 49.3 Å². The van der Waals surface area contributed by atoms with E-state index in [1.54, 1.807) is 0 Å². The van der Waals surface area contributed by atoms with Crippen LogP contribution in [0.15, 0.2) is 0 Å². The maximum Gasteiger partial charge on any atom is 0.306 e. The van der Waals surface area contributed by atoms with Gasteiger partial charge in [0.15, 0.2) is 0 Å². The minimum absolute atomic E-state index is 0.0996. The lowest BCUT2D eigenvalue weighted by Crippen LogP contribution is -2.22. The Bertz CT molecular complexity index is 136. The average molecular weight is 143 g/mol. The van der Waals surface area contributed by atoms with Crippen LogP contribution in [0, 0.1) is 5.92 Å². The Morgan fingerprint density at radius 3 is 2.60 bits per heavy atom. The molecule has 2 N–H and O–H groups in total. The summed E-state index contributed by atoms with van der Waals surface area (Å²) in [6.07, 6.45) is 2.64. The van der Waals surface area contributed by atoms with Crippen LogP contribution in [0.2, 0.25) is 0 Å². The van der Waals surface area contributed by atoms with Gasteiger partial charge < -0.3 is 10.4 Å². The summed E-state index contributed by atoms with van der Waals surface area (Å²) in [5.74, 6) is -0.741. The zero-order valence-corrected chi connectivity index (χ0v) is 6.13. The third-order valence-electron chi connectivity index (χ3n) is 2.19. The van der Waals surface area contributed by atoms with Crippen LogP contribution in [0.1, 0.15) is 19.3 Å². The molecule has 1 rings (SSSR count). The maximum absolute atomic E-state index is 10.4. The lowest BCUT2D eigenvalue weighted by atomic mass is 10.1. The van der Waals surface area contributed by atoms with Gasteiger partial charge in [0.1, 0.15) is 0 Å². The van der Waals surface area contributed by atoms with E-state index in [1.165, 1.54) is 0 Å². The summed E-state index contributed by atoms with van der Waals surface area (Å²) in [4.78, 5) is 10.4. The van der Waals surface area contributed by atoms with Gasteiger partial charge in [0, 0.05) is 6.04 Å². The van der Waals surface area contributed by atoms with E-state index in [-0.39, 0.29) is 5.92 Å². The Morgan fingerprint density at radius 2 is 2.30 bits per heavy atom. The third-order valence-corrected chi connectivity index (χ3v) is 2.19. The molecule has 1 fully saturated rings. The average Bonchev–Trinajstić information content (AvgIpc) is 2.34. The highest BCUT2D eigenvalue weighted by molar-refractivity contribution is 5.70. The van der Waals surface area contributed by atoms with E-state index in [1.807, 2.05) is 7.05 Å². The highest BCUT2D eigenvalue weighted by Crippen LogP contribution is 2.24. The molecule has 58 valence electrons. The van der Waals surface area contributed by atoms with Crippen molar-refractivity contribution in [1.82, 2.24) is 5.32 Å². The Labute approximate surface area is 60.4 Å². The van der Waals surface area contributed by atoms with Gasteiger partial charge >= 0.3 is 5.97 Å². The molecule has 0 spiro atoms. The number of aliphatic carboxylic acids is 1. The molecule has 0 aliphatic heterocycles. The van der Waals surface area contributed by atoms with Crippen molar-refractivity contribution in [2.75, 3.05) is 7.05 Å². The van der Waals surface area contributed by atoms with Crippen molar-refractivity contribution in [3.05, 3.63) is 0 Å². The molecule has 0 aromatic heterocycles. The van der Waals surface area contributed by atoms with E-state index in [0.29, 0.717) is 6.04 Å². The van der Waals surface area contributed by atoms with Crippen LogP contribution >= 0.6 is 0 Å². The molecule has 3 nitrogen and oxygen atoms in total. The second-order valence-corrected chi connectivity index (χ2v) is 2.83. The van der Waals surface area contributed by atoms with E-state index < -0.39 is 5.97 Å². The molecule has 10 heavy (non-hydrogen) atoms. The summed E-state index contributed by atoms with van der Waals surface area (Å²) < 4.78 is 0. The first-order valence-corrected chi connectivity index (χ1v) is 3.64. The SMILES string of the molecule is CNC1CCC(C(=O)O)C1. The number of rotatable bonds is 2. The van der Waals surface area contributed by atoms with Crippen molar-refractivity contribution in [1.29, 1.82) is 0 Å². The Kier molecular flexibility index (Phi) is 2.27. The lowest BCUT2D eigenvalue weighted by Gasteiger charge is -2.05. The second-order valence-electron chi connectivity index (χ2n) is 2.83. The van der Waals surface area contributed by atoms with Gasteiger partial charge in [0.2, 0.25) is 0 Å². The summed E-state index contributed by atoms with van der Waals surface area (Å²) in [5.41, 5.74) is 0. The van der Waals surface area contributed by atoms with Crippen LogP contribution < -0.4 is 5.32 Å². The minimum Gasteiger partial charge on any atom is -0.481 e. The van der Waals surface area contributed by atoms with E-state index in [2.05, 4.69) is 5.32 Å². The fourth-order valence-corrected chi connectivity index (χ4v) is 1.47. The molecule has 0 radical (unpaired) electrons. The predicted molar refractivity (Wildman–Crippen MR) is 37.8 cm³/mol. The first-order chi connectivity index (χ1) is 4.74.